The van der Waals surface area contributed by atoms with Gasteiger partial charge in [-0.15, -0.1) is 0 Å². The number of hydrazine groups is 1. The van der Waals surface area contributed by atoms with Crippen molar-refractivity contribution in [1.82, 2.24) is 16.2 Å². The van der Waals surface area contributed by atoms with E-state index in [1.54, 1.807) is 13.2 Å². The molecule has 0 heterocycles. The molecule has 2 rings (SSSR count). The maximum atomic E-state index is 11.8. The molecule has 0 aliphatic rings. The Hall–Kier alpha value is -2.86. The van der Waals surface area contributed by atoms with Gasteiger partial charge < -0.3 is 10.1 Å². The van der Waals surface area contributed by atoms with Gasteiger partial charge in [0.05, 0.1) is 7.11 Å². The lowest BCUT2D eigenvalue weighted by Gasteiger charge is -2.10. The molecule has 124 valence electrons. The molecule has 0 unspecified atom stereocenters. The van der Waals surface area contributed by atoms with Crippen molar-refractivity contribution >= 4 is 29.3 Å². The molecule has 0 saturated heterocycles. The van der Waals surface area contributed by atoms with Crippen LogP contribution < -0.4 is 20.9 Å². The van der Waals surface area contributed by atoms with Crippen LogP contribution in [0.25, 0.3) is 6.08 Å². The zero-order valence-corrected chi connectivity index (χ0v) is 14.1. The number of hydrogen-bond donors (Lipinski definition) is 3. The molecule has 0 fully saturated rings. The highest BCUT2D eigenvalue weighted by Crippen LogP contribution is 2.13. The molecule has 0 aliphatic carbocycles. The summed E-state index contributed by atoms with van der Waals surface area (Å²) in [5.41, 5.74) is 7.14. The molecule has 1 amide bonds. The summed E-state index contributed by atoms with van der Waals surface area (Å²) in [6, 6.07) is 17.3. The number of thiocarbonyl (C=S) groups is 1. The summed E-state index contributed by atoms with van der Waals surface area (Å²) in [4.78, 5) is 11.8. The summed E-state index contributed by atoms with van der Waals surface area (Å²) in [6.45, 7) is 0.586. The number of nitrogens with one attached hydrogen (secondary N) is 3. The number of methoxy groups -OCH3 is 1. The normalized spacial score (nSPS) is 10.2. The Morgan fingerprint density at radius 3 is 2.67 bits per heavy atom. The van der Waals surface area contributed by atoms with Gasteiger partial charge in [-0.25, -0.2) is 0 Å². The highest BCUT2D eigenvalue weighted by atomic mass is 32.1. The second-order valence-electron chi connectivity index (χ2n) is 4.89. The number of hydrogen-bond acceptors (Lipinski definition) is 3. The summed E-state index contributed by atoms with van der Waals surface area (Å²) in [7, 11) is 1.60. The minimum atomic E-state index is -0.304. The van der Waals surface area contributed by atoms with Gasteiger partial charge in [-0.2, -0.15) is 0 Å². The average molecular weight is 341 g/mol. The summed E-state index contributed by atoms with van der Waals surface area (Å²) in [5, 5.41) is 3.36. The van der Waals surface area contributed by atoms with Crippen LogP contribution in [0.4, 0.5) is 0 Å². The van der Waals surface area contributed by atoms with E-state index in [0.29, 0.717) is 11.7 Å². The van der Waals surface area contributed by atoms with Gasteiger partial charge in [0.2, 0.25) is 0 Å². The second-order valence-corrected chi connectivity index (χ2v) is 5.30. The van der Waals surface area contributed by atoms with E-state index < -0.39 is 0 Å². The van der Waals surface area contributed by atoms with Gasteiger partial charge in [0.25, 0.3) is 5.91 Å². The minimum absolute atomic E-state index is 0.304. The molecular weight excluding hydrogens is 322 g/mol. The van der Waals surface area contributed by atoms with Gasteiger partial charge in [0.15, 0.2) is 5.11 Å². The van der Waals surface area contributed by atoms with Crippen molar-refractivity contribution in [2.75, 3.05) is 7.11 Å². The van der Waals surface area contributed by atoms with Crippen molar-refractivity contribution in [1.29, 1.82) is 0 Å². The molecule has 2 aromatic rings. The number of ether oxygens (including phenoxy) is 1. The summed E-state index contributed by atoms with van der Waals surface area (Å²) >= 11 is 5.10. The molecule has 0 aromatic heterocycles. The lowest BCUT2D eigenvalue weighted by Crippen LogP contribution is -2.45. The first kappa shape index (κ1) is 17.5. The van der Waals surface area contributed by atoms with Crippen LogP contribution in [0, 0.1) is 0 Å². The molecular formula is C18H19N3O2S. The Morgan fingerprint density at radius 2 is 1.92 bits per heavy atom. The van der Waals surface area contributed by atoms with Crippen LogP contribution in [-0.4, -0.2) is 18.1 Å². The lowest BCUT2D eigenvalue weighted by atomic mass is 10.2. The smallest absolute Gasteiger partial charge is 0.262 e. The van der Waals surface area contributed by atoms with Crippen molar-refractivity contribution in [2.24, 2.45) is 0 Å². The van der Waals surface area contributed by atoms with E-state index in [1.807, 2.05) is 54.6 Å². The van der Waals surface area contributed by atoms with Crippen molar-refractivity contribution in [2.45, 2.75) is 6.54 Å². The van der Waals surface area contributed by atoms with E-state index in [-0.39, 0.29) is 5.91 Å². The molecule has 0 spiro atoms. The predicted molar refractivity (Wildman–Crippen MR) is 99.2 cm³/mol. The van der Waals surface area contributed by atoms with Crippen LogP contribution in [0.5, 0.6) is 5.75 Å². The fraction of sp³-hybridized carbons (Fsp3) is 0.111. The van der Waals surface area contributed by atoms with Gasteiger partial charge in [-0.3, -0.25) is 15.6 Å². The molecule has 5 nitrogen and oxygen atoms in total. The maximum Gasteiger partial charge on any atom is 0.262 e. The Balaban J connectivity index is 1.74. The van der Waals surface area contributed by atoms with Crippen LogP contribution in [-0.2, 0) is 11.3 Å². The Morgan fingerprint density at radius 1 is 1.12 bits per heavy atom. The predicted octanol–water partition coefficient (Wildman–Crippen LogP) is 2.40. The number of amides is 1. The second kappa shape index (κ2) is 9.32. The van der Waals surface area contributed by atoms with E-state index in [4.69, 9.17) is 17.0 Å². The first-order valence-electron chi connectivity index (χ1n) is 7.37. The molecule has 0 atom stereocenters. The van der Waals surface area contributed by atoms with E-state index in [2.05, 4.69) is 16.2 Å². The zero-order valence-electron chi connectivity index (χ0n) is 13.3. The fourth-order valence-corrected chi connectivity index (χ4v) is 2.02. The molecule has 24 heavy (non-hydrogen) atoms. The number of carbonyl (C=O) groups excluding carboxylic acids is 1. The van der Waals surface area contributed by atoms with Crippen LogP contribution in [0.2, 0.25) is 0 Å². The van der Waals surface area contributed by atoms with E-state index in [9.17, 15) is 4.79 Å². The average Bonchev–Trinajstić information content (AvgIpc) is 2.64. The van der Waals surface area contributed by atoms with Crippen molar-refractivity contribution < 1.29 is 9.53 Å². The lowest BCUT2D eigenvalue weighted by molar-refractivity contribution is -0.116. The van der Waals surface area contributed by atoms with E-state index >= 15 is 0 Å². The third-order valence-electron chi connectivity index (χ3n) is 3.12. The Bertz CT molecular complexity index is 717. The number of rotatable bonds is 5. The largest absolute Gasteiger partial charge is 0.497 e. The third-order valence-corrected chi connectivity index (χ3v) is 3.36. The van der Waals surface area contributed by atoms with Crippen LogP contribution in [0.15, 0.2) is 60.7 Å². The zero-order chi connectivity index (χ0) is 17.2. The third kappa shape index (κ3) is 6.10. The van der Waals surface area contributed by atoms with Gasteiger partial charge >= 0.3 is 0 Å². The van der Waals surface area contributed by atoms with Gasteiger partial charge in [-0.05, 0) is 41.6 Å². The molecule has 6 heteroatoms. The van der Waals surface area contributed by atoms with Crippen LogP contribution in [0.1, 0.15) is 11.1 Å². The maximum absolute atomic E-state index is 11.8. The van der Waals surface area contributed by atoms with Crippen LogP contribution in [0.3, 0.4) is 0 Å². The quantitative estimate of drug-likeness (QED) is 0.443. The Kier molecular flexibility index (Phi) is 6.79. The molecule has 0 bridgehead atoms. The minimum Gasteiger partial charge on any atom is -0.497 e. The summed E-state index contributed by atoms with van der Waals surface area (Å²) < 4.78 is 5.13. The molecule has 0 saturated carbocycles. The number of benzene rings is 2. The SMILES string of the molecule is COc1cccc(/C=C/C(=O)NNC(=S)NCc2ccccc2)c1. The fourth-order valence-electron chi connectivity index (χ4n) is 1.90. The number of carbonyl (C=O) groups is 1. The van der Waals surface area contributed by atoms with Crippen LogP contribution >= 0.6 is 12.2 Å². The molecule has 0 radical (unpaired) electrons. The molecule has 0 aliphatic heterocycles. The van der Waals surface area contributed by atoms with Gasteiger partial charge in [0.1, 0.15) is 5.75 Å². The first-order chi connectivity index (χ1) is 11.7. The standard InChI is InChI=1S/C18H19N3O2S/c1-23-16-9-5-8-14(12-16)10-11-17(22)20-21-18(24)19-13-15-6-3-2-4-7-15/h2-12H,13H2,1H3,(H,20,22)(H2,19,21,24)/b11-10+. The van der Waals surface area contributed by atoms with Gasteiger partial charge in [-0.1, -0.05) is 42.5 Å². The van der Waals surface area contributed by atoms with Crippen molar-refractivity contribution in [3.63, 3.8) is 0 Å². The monoisotopic (exact) mass is 341 g/mol. The van der Waals surface area contributed by atoms with E-state index in [0.717, 1.165) is 16.9 Å². The summed E-state index contributed by atoms with van der Waals surface area (Å²) in [6.07, 6.45) is 3.11. The van der Waals surface area contributed by atoms with Crippen molar-refractivity contribution in [3.8, 4) is 5.75 Å². The topological polar surface area (TPSA) is 62.4 Å². The Labute approximate surface area is 146 Å². The highest BCUT2D eigenvalue weighted by Gasteiger charge is 1.99. The van der Waals surface area contributed by atoms with Crippen molar-refractivity contribution in [3.05, 3.63) is 71.8 Å². The highest BCUT2D eigenvalue weighted by molar-refractivity contribution is 7.80. The summed E-state index contributed by atoms with van der Waals surface area (Å²) in [5.74, 6) is 0.434. The molecule has 2 aromatic carbocycles. The van der Waals surface area contributed by atoms with E-state index in [1.165, 1.54) is 6.08 Å². The first-order valence-corrected chi connectivity index (χ1v) is 7.78. The molecule has 3 N–H and O–H groups in total. The van der Waals surface area contributed by atoms with Gasteiger partial charge in [0, 0.05) is 12.6 Å².